The Hall–Kier alpha value is -2.63. The van der Waals surface area contributed by atoms with Gasteiger partial charge in [0.15, 0.2) is 0 Å². The van der Waals surface area contributed by atoms with E-state index in [-0.39, 0.29) is 18.1 Å². The SMILES string of the molecule is COc1ccccc1CC(=O)NC1CCC(Oc2cnccn2)CC1. The summed E-state index contributed by atoms with van der Waals surface area (Å²) in [6.45, 7) is 0. The van der Waals surface area contributed by atoms with Crippen molar-refractivity contribution < 1.29 is 14.3 Å². The number of carbonyl (C=O) groups is 1. The standard InChI is InChI=1S/C19H23N3O3/c1-24-17-5-3-2-4-14(17)12-18(23)22-15-6-8-16(9-7-15)25-19-13-20-10-11-21-19/h2-5,10-11,13,15-16H,6-9,12H2,1H3,(H,22,23). The molecule has 1 amide bonds. The Bertz CT molecular complexity index is 685. The molecule has 132 valence electrons. The van der Waals surface area contributed by atoms with Crippen LogP contribution in [0.1, 0.15) is 31.2 Å². The van der Waals surface area contributed by atoms with Crippen molar-refractivity contribution in [2.75, 3.05) is 7.11 Å². The Morgan fingerprint density at radius 3 is 2.72 bits per heavy atom. The van der Waals surface area contributed by atoms with E-state index in [0.717, 1.165) is 37.0 Å². The fourth-order valence-electron chi connectivity index (χ4n) is 3.14. The third kappa shape index (κ3) is 4.92. The molecule has 6 nitrogen and oxygen atoms in total. The number of amides is 1. The van der Waals surface area contributed by atoms with Crippen LogP contribution < -0.4 is 14.8 Å². The Labute approximate surface area is 147 Å². The average Bonchev–Trinajstić information content (AvgIpc) is 2.64. The summed E-state index contributed by atoms with van der Waals surface area (Å²) in [5.41, 5.74) is 0.905. The summed E-state index contributed by atoms with van der Waals surface area (Å²) in [6, 6.07) is 7.81. The third-order valence-corrected chi connectivity index (χ3v) is 4.41. The molecule has 1 aliphatic rings. The number of nitrogens with one attached hydrogen (secondary N) is 1. The lowest BCUT2D eigenvalue weighted by Crippen LogP contribution is -2.40. The van der Waals surface area contributed by atoms with Crippen molar-refractivity contribution in [3.63, 3.8) is 0 Å². The third-order valence-electron chi connectivity index (χ3n) is 4.41. The van der Waals surface area contributed by atoms with Gasteiger partial charge in [-0.1, -0.05) is 18.2 Å². The fraction of sp³-hybridized carbons (Fsp3) is 0.421. The first-order valence-corrected chi connectivity index (χ1v) is 8.58. The van der Waals surface area contributed by atoms with Crippen LogP contribution in [0.15, 0.2) is 42.9 Å². The van der Waals surface area contributed by atoms with Gasteiger partial charge in [-0.25, -0.2) is 4.98 Å². The molecule has 0 bridgehead atoms. The predicted octanol–water partition coefficient (Wildman–Crippen LogP) is 2.53. The number of carbonyl (C=O) groups excluding carboxylic acids is 1. The van der Waals surface area contributed by atoms with Gasteiger partial charge in [-0.15, -0.1) is 0 Å². The molecule has 1 saturated carbocycles. The highest BCUT2D eigenvalue weighted by Gasteiger charge is 2.24. The van der Waals surface area contributed by atoms with Gasteiger partial charge in [0, 0.05) is 24.0 Å². The van der Waals surface area contributed by atoms with E-state index < -0.39 is 0 Å². The number of nitrogens with zero attached hydrogens (tertiary/aromatic N) is 2. The van der Waals surface area contributed by atoms with Crippen molar-refractivity contribution in [3.8, 4) is 11.6 Å². The van der Waals surface area contributed by atoms with Gasteiger partial charge in [-0.3, -0.25) is 9.78 Å². The lowest BCUT2D eigenvalue weighted by atomic mass is 9.92. The molecule has 3 rings (SSSR count). The number of benzene rings is 1. The minimum Gasteiger partial charge on any atom is -0.496 e. The first-order chi connectivity index (χ1) is 12.2. The maximum absolute atomic E-state index is 12.3. The van der Waals surface area contributed by atoms with Crippen molar-refractivity contribution in [2.24, 2.45) is 0 Å². The summed E-state index contributed by atoms with van der Waals surface area (Å²) >= 11 is 0. The number of methoxy groups -OCH3 is 1. The van der Waals surface area contributed by atoms with Crippen LogP contribution in [-0.2, 0) is 11.2 Å². The monoisotopic (exact) mass is 341 g/mol. The first-order valence-electron chi connectivity index (χ1n) is 8.58. The maximum Gasteiger partial charge on any atom is 0.232 e. The summed E-state index contributed by atoms with van der Waals surface area (Å²) in [6.07, 6.45) is 8.96. The molecular formula is C19H23N3O3. The van der Waals surface area contributed by atoms with Crippen molar-refractivity contribution in [3.05, 3.63) is 48.4 Å². The van der Waals surface area contributed by atoms with Crippen LogP contribution in [-0.4, -0.2) is 35.1 Å². The molecule has 0 saturated heterocycles. The van der Waals surface area contributed by atoms with E-state index in [2.05, 4.69) is 15.3 Å². The minimum atomic E-state index is 0.0304. The van der Waals surface area contributed by atoms with Gasteiger partial charge in [0.2, 0.25) is 11.8 Å². The van der Waals surface area contributed by atoms with Crippen LogP contribution in [0.5, 0.6) is 11.6 Å². The van der Waals surface area contributed by atoms with Crippen molar-refractivity contribution in [2.45, 2.75) is 44.2 Å². The van der Waals surface area contributed by atoms with Gasteiger partial charge in [0.25, 0.3) is 0 Å². The Kier molecular flexibility index (Phi) is 5.82. The van der Waals surface area contributed by atoms with E-state index in [1.807, 2.05) is 24.3 Å². The van der Waals surface area contributed by atoms with E-state index in [1.165, 1.54) is 0 Å². The molecule has 0 aliphatic heterocycles. The van der Waals surface area contributed by atoms with E-state index >= 15 is 0 Å². The first kappa shape index (κ1) is 17.2. The molecule has 1 aliphatic carbocycles. The van der Waals surface area contributed by atoms with Crippen molar-refractivity contribution >= 4 is 5.91 Å². The highest BCUT2D eigenvalue weighted by atomic mass is 16.5. The number of aromatic nitrogens is 2. The van der Waals surface area contributed by atoms with Gasteiger partial charge < -0.3 is 14.8 Å². The van der Waals surface area contributed by atoms with Crippen LogP contribution in [0, 0.1) is 0 Å². The molecule has 6 heteroatoms. The summed E-state index contributed by atoms with van der Waals surface area (Å²) in [5.74, 6) is 1.34. The molecule has 2 aromatic rings. The molecule has 0 spiro atoms. The fourth-order valence-corrected chi connectivity index (χ4v) is 3.14. The smallest absolute Gasteiger partial charge is 0.232 e. The highest BCUT2D eigenvalue weighted by molar-refractivity contribution is 5.79. The van der Waals surface area contributed by atoms with Crippen molar-refractivity contribution in [1.29, 1.82) is 0 Å². The number of hydrogen-bond donors (Lipinski definition) is 1. The van der Waals surface area contributed by atoms with Crippen LogP contribution in [0.4, 0.5) is 0 Å². The number of para-hydroxylation sites is 1. The van der Waals surface area contributed by atoms with Crippen LogP contribution in [0.2, 0.25) is 0 Å². The molecule has 1 fully saturated rings. The van der Waals surface area contributed by atoms with Crippen LogP contribution >= 0.6 is 0 Å². The molecule has 1 N–H and O–H groups in total. The zero-order valence-corrected chi connectivity index (χ0v) is 14.4. The second-order valence-electron chi connectivity index (χ2n) is 6.19. The molecule has 1 aromatic heterocycles. The zero-order chi connectivity index (χ0) is 17.5. The lowest BCUT2D eigenvalue weighted by molar-refractivity contribution is -0.121. The van der Waals surface area contributed by atoms with E-state index in [0.29, 0.717) is 12.3 Å². The average molecular weight is 341 g/mol. The largest absolute Gasteiger partial charge is 0.496 e. The molecule has 25 heavy (non-hydrogen) atoms. The van der Waals surface area contributed by atoms with Crippen LogP contribution in [0.3, 0.4) is 0 Å². The Balaban J connectivity index is 1.45. The number of rotatable bonds is 6. The second kappa shape index (κ2) is 8.46. The summed E-state index contributed by atoms with van der Waals surface area (Å²) in [5, 5.41) is 3.13. The molecule has 0 unspecified atom stereocenters. The summed E-state index contributed by atoms with van der Waals surface area (Å²) < 4.78 is 11.1. The van der Waals surface area contributed by atoms with Crippen LogP contribution in [0.25, 0.3) is 0 Å². The van der Waals surface area contributed by atoms with E-state index in [9.17, 15) is 4.79 Å². The second-order valence-corrected chi connectivity index (χ2v) is 6.19. The minimum absolute atomic E-state index is 0.0304. The molecule has 1 heterocycles. The normalized spacial score (nSPS) is 19.9. The van der Waals surface area contributed by atoms with Crippen molar-refractivity contribution in [1.82, 2.24) is 15.3 Å². The molecule has 0 atom stereocenters. The zero-order valence-electron chi connectivity index (χ0n) is 14.4. The maximum atomic E-state index is 12.3. The van der Waals surface area contributed by atoms with Gasteiger partial charge >= 0.3 is 0 Å². The quantitative estimate of drug-likeness (QED) is 0.874. The van der Waals surface area contributed by atoms with E-state index in [4.69, 9.17) is 9.47 Å². The number of hydrogen-bond acceptors (Lipinski definition) is 5. The van der Waals surface area contributed by atoms with E-state index in [1.54, 1.807) is 25.7 Å². The summed E-state index contributed by atoms with van der Waals surface area (Å²) in [7, 11) is 1.62. The van der Waals surface area contributed by atoms with Gasteiger partial charge in [0.1, 0.15) is 11.9 Å². The Morgan fingerprint density at radius 2 is 2.00 bits per heavy atom. The van der Waals surface area contributed by atoms with Gasteiger partial charge in [-0.2, -0.15) is 0 Å². The Morgan fingerprint density at radius 1 is 1.20 bits per heavy atom. The lowest BCUT2D eigenvalue weighted by Gasteiger charge is -2.29. The summed E-state index contributed by atoms with van der Waals surface area (Å²) in [4.78, 5) is 20.4. The topological polar surface area (TPSA) is 73.3 Å². The molecule has 1 aromatic carbocycles. The predicted molar refractivity (Wildman–Crippen MR) is 93.5 cm³/mol. The molecular weight excluding hydrogens is 318 g/mol. The highest BCUT2D eigenvalue weighted by Crippen LogP contribution is 2.23. The van der Waals surface area contributed by atoms with Gasteiger partial charge in [-0.05, 0) is 31.7 Å². The molecule has 0 radical (unpaired) electrons. The van der Waals surface area contributed by atoms with Gasteiger partial charge in [0.05, 0.1) is 19.7 Å². The number of ether oxygens (including phenoxy) is 2.